The van der Waals surface area contributed by atoms with Crippen LogP contribution in [0, 0.1) is 5.92 Å². The highest BCUT2D eigenvalue weighted by molar-refractivity contribution is 6.09. The van der Waals surface area contributed by atoms with Crippen LogP contribution in [0.2, 0.25) is 0 Å². The van der Waals surface area contributed by atoms with Crippen LogP contribution < -0.4 is 10.6 Å². The molecule has 2 fully saturated rings. The standard InChI is InChI=1S/C15H25N3O3/c1-10(2)16-12(19)9-18-13(20)15(3,17-14(18)21)11-7-5-4-6-8-11/h10-11H,4-9H2,1-3H3,(H,16,19)(H,17,21)/t15-/m0/s1. The molecule has 21 heavy (non-hydrogen) atoms. The molecule has 1 saturated heterocycles. The zero-order chi connectivity index (χ0) is 15.6. The van der Waals surface area contributed by atoms with Crippen LogP contribution in [-0.2, 0) is 9.59 Å². The topological polar surface area (TPSA) is 78.5 Å². The molecule has 1 atom stereocenters. The molecule has 0 aromatic heterocycles. The van der Waals surface area contributed by atoms with Crippen molar-refractivity contribution in [3.63, 3.8) is 0 Å². The Bertz CT molecular complexity index is 443. The highest BCUT2D eigenvalue weighted by Gasteiger charge is 2.52. The number of hydrogen-bond donors (Lipinski definition) is 2. The van der Waals surface area contributed by atoms with Crippen molar-refractivity contribution in [3.05, 3.63) is 0 Å². The molecular formula is C15H25N3O3. The van der Waals surface area contributed by atoms with Crippen molar-refractivity contribution in [2.75, 3.05) is 6.54 Å². The van der Waals surface area contributed by atoms with Crippen LogP contribution in [0.1, 0.15) is 52.9 Å². The van der Waals surface area contributed by atoms with Crippen LogP contribution in [0.15, 0.2) is 0 Å². The number of carbonyl (C=O) groups excluding carboxylic acids is 3. The second-order valence-corrected chi connectivity index (χ2v) is 6.58. The van der Waals surface area contributed by atoms with Crippen LogP contribution in [0.25, 0.3) is 0 Å². The van der Waals surface area contributed by atoms with E-state index in [-0.39, 0.29) is 30.3 Å². The maximum Gasteiger partial charge on any atom is 0.325 e. The molecule has 2 N–H and O–H groups in total. The van der Waals surface area contributed by atoms with Crippen molar-refractivity contribution in [1.82, 2.24) is 15.5 Å². The molecule has 2 rings (SSSR count). The summed E-state index contributed by atoms with van der Waals surface area (Å²) in [6, 6.07) is -0.463. The summed E-state index contributed by atoms with van der Waals surface area (Å²) >= 11 is 0. The van der Waals surface area contributed by atoms with Gasteiger partial charge >= 0.3 is 6.03 Å². The lowest BCUT2D eigenvalue weighted by atomic mass is 9.75. The fraction of sp³-hybridized carbons (Fsp3) is 0.800. The molecule has 6 nitrogen and oxygen atoms in total. The predicted octanol–water partition coefficient (Wildman–Crippen LogP) is 1.40. The van der Waals surface area contributed by atoms with Gasteiger partial charge in [-0.05, 0) is 39.5 Å². The van der Waals surface area contributed by atoms with Gasteiger partial charge in [0.15, 0.2) is 0 Å². The molecule has 0 aromatic carbocycles. The highest BCUT2D eigenvalue weighted by Crippen LogP contribution is 2.36. The lowest BCUT2D eigenvalue weighted by molar-refractivity contribution is -0.136. The van der Waals surface area contributed by atoms with Crippen molar-refractivity contribution in [2.45, 2.75) is 64.5 Å². The number of urea groups is 1. The zero-order valence-corrected chi connectivity index (χ0v) is 13.1. The van der Waals surface area contributed by atoms with Crippen molar-refractivity contribution < 1.29 is 14.4 Å². The van der Waals surface area contributed by atoms with E-state index in [0.717, 1.165) is 30.6 Å². The average molecular weight is 295 g/mol. The van der Waals surface area contributed by atoms with Crippen molar-refractivity contribution in [1.29, 1.82) is 0 Å². The van der Waals surface area contributed by atoms with Gasteiger partial charge in [-0.25, -0.2) is 4.79 Å². The molecule has 4 amide bonds. The predicted molar refractivity (Wildman–Crippen MR) is 78.5 cm³/mol. The largest absolute Gasteiger partial charge is 0.352 e. The van der Waals surface area contributed by atoms with E-state index in [1.807, 2.05) is 13.8 Å². The Morgan fingerprint density at radius 3 is 2.52 bits per heavy atom. The van der Waals surface area contributed by atoms with Gasteiger partial charge in [0, 0.05) is 6.04 Å². The fourth-order valence-electron chi connectivity index (χ4n) is 3.33. The van der Waals surface area contributed by atoms with Gasteiger partial charge in [-0.2, -0.15) is 0 Å². The van der Waals surface area contributed by atoms with E-state index >= 15 is 0 Å². The van der Waals surface area contributed by atoms with Crippen LogP contribution in [0.4, 0.5) is 4.79 Å². The molecule has 0 spiro atoms. The molecule has 0 radical (unpaired) electrons. The number of rotatable bonds is 4. The molecule has 2 aliphatic rings. The van der Waals surface area contributed by atoms with E-state index in [0.29, 0.717) is 0 Å². The molecule has 1 saturated carbocycles. The number of imide groups is 1. The smallest absolute Gasteiger partial charge is 0.325 e. The van der Waals surface area contributed by atoms with Gasteiger partial charge in [-0.15, -0.1) is 0 Å². The van der Waals surface area contributed by atoms with Gasteiger partial charge in [0.2, 0.25) is 5.91 Å². The van der Waals surface area contributed by atoms with Crippen molar-refractivity contribution in [3.8, 4) is 0 Å². The first-order chi connectivity index (χ1) is 9.84. The summed E-state index contributed by atoms with van der Waals surface area (Å²) < 4.78 is 0. The third-order valence-electron chi connectivity index (χ3n) is 4.47. The normalized spacial score (nSPS) is 27.1. The molecule has 1 aliphatic carbocycles. The third kappa shape index (κ3) is 3.19. The Morgan fingerprint density at radius 2 is 1.95 bits per heavy atom. The van der Waals surface area contributed by atoms with Gasteiger partial charge in [0.1, 0.15) is 12.1 Å². The lowest BCUT2D eigenvalue weighted by Gasteiger charge is -2.34. The molecule has 118 valence electrons. The third-order valence-corrected chi connectivity index (χ3v) is 4.47. The number of hydrogen-bond acceptors (Lipinski definition) is 3. The Hall–Kier alpha value is -1.59. The van der Waals surface area contributed by atoms with Crippen LogP contribution >= 0.6 is 0 Å². The van der Waals surface area contributed by atoms with E-state index in [1.54, 1.807) is 6.92 Å². The molecule has 1 heterocycles. The van der Waals surface area contributed by atoms with Gasteiger partial charge in [-0.3, -0.25) is 14.5 Å². The minimum Gasteiger partial charge on any atom is -0.352 e. The van der Waals surface area contributed by atoms with Gasteiger partial charge in [-0.1, -0.05) is 19.3 Å². The molecule has 0 aromatic rings. The summed E-state index contributed by atoms with van der Waals surface area (Å²) in [5.41, 5.74) is -0.852. The second kappa shape index (κ2) is 6.03. The first kappa shape index (κ1) is 15.8. The maximum atomic E-state index is 12.6. The van der Waals surface area contributed by atoms with E-state index in [9.17, 15) is 14.4 Å². The van der Waals surface area contributed by atoms with E-state index in [4.69, 9.17) is 0 Å². The second-order valence-electron chi connectivity index (χ2n) is 6.58. The summed E-state index contributed by atoms with van der Waals surface area (Å²) in [5.74, 6) is -0.402. The Kier molecular flexibility index (Phi) is 4.54. The number of nitrogens with zero attached hydrogens (tertiary/aromatic N) is 1. The minimum absolute atomic E-state index is 0.0111. The fourth-order valence-corrected chi connectivity index (χ4v) is 3.33. The summed E-state index contributed by atoms with van der Waals surface area (Å²) in [6.07, 6.45) is 5.28. The number of carbonyl (C=O) groups is 3. The molecule has 1 aliphatic heterocycles. The number of amides is 4. The van der Waals surface area contributed by atoms with E-state index in [1.165, 1.54) is 6.42 Å². The number of nitrogens with one attached hydrogen (secondary N) is 2. The summed E-state index contributed by atoms with van der Waals surface area (Å²) in [4.78, 5) is 37.5. The molecule has 0 unspecified atom stereocenters. The van der Waals surface area contributed by atoms with Crippen LogP contribution in [0.3, 0.4) is 0 Å². The average Bonchev–Trinajstić information content (AvgIpc) is 2.64. The van der Waals surface area contributed by atoms with Crippen LogP contribution in [-0.4, -0.2) is 40.9 Å². The molecule has 0 bridgehead atoms. The van der Waals surface area contributed by atoms with Crippen molar-refractivity contribution >= 4 is 17.8 Å². The van der Waals surface area contributed by atoms with Gasteiger partial charge in [0.05, 0.1) is 0 Å². The quantitative estimate of drug-likeness (QED) is 0.770. The molecule has 6 heteroatoms. The van der Waals surface area contributed by atoms with Gasteiger partial charge in [0.25, 0.3) is 5.91 Å². The Balaban J connectivity index is 2.06. The maximum absolute atomic E-state index is 12.6. The van der Waals surface area contributed by atoms with Crippen molar-refractivity contribution in [2.24, 2.45) is 5.92 Å². The summed E-state index contributed by atoms with van der Waals surface area (Å²) in [5, 5.41) is 5.52. The lowest BCUT2D eigenvalue weighted by Crippen LogP contribution is -2.51. The van der Waals surface area contributed by atoms with E-state index in [2.05, 4.69) is 10.6 Å². The first-order valence-electron chi connectivity index (χ1n) is 7.78. The Labute approximate surface area is 125 Å². The van der Waals surface area contributed by atoms with Crippen LogP contribution in [0.5, 0.6) is 0 Å². The minimum atomic E-state index is -0.852. The summed E-state index contributed by atoms with van der Waals surface area (Å²) in [7, 11) is 0. The monoisotopic (exact) mass is 295 g/mol. The SMILES string of the molecule is CC(C)NC(=O)CN1C(=O)N[C@@](C)(C2CCCCC2)C1=O. The van der Waals surface area contributed by atoms with Gasteiger partial charge < -0.3 is 10.6 Å². The zero-order valence-electron chi connectivity index (χ0n) is 13.1. The van der Waals surface area contributed by atoms with E-state index < -0.39 is 11.6 Å². The summed E-state index contributed by atoms with van der Waals surface area (Å²) in [6.45, 7) is 5.28. The first-order valence-corrected chi connectivity index (χ1v) is 7.78. The Morgan fingerprint density at radius 1 is 1.33 bits per heavy atom. The molecular weight excluding hydrogens is 270 g/mol. The highest BCUT2D eigenvalue weighted by atomic mass is 16.2.